The highest BCUT2D eigenvalue weighted by Gasteiger charge is 2.35. The number of non-ortho nitro benzene ring substituents is 1. The second-order valence-corrected chi connectivity index (χ2v) is 13.1. The topological polar surface area (TPSA) is 126 Å². The molecule has 0 aliphatic carbocycles. The Morgan fingerprint density at radius 2 is 1.98 bits per heavy atom. The summed E-state index contributed by atoms with van der Waals surface area (Å²) in [7, 11) is 0. The number of halogens is 3. The van der Waals surface area contributed by atoms with E-state index in [0.29, 0.717) is 27.2 Å². The molecular formula is C30H22ClI2N3O7S. The molecule has 2 aromatic carbocycles. The minimum atomic E-state index is -1.01. The second kappa shape index (κ2) is 13.4. The van der Waals surface area contributed by atoms with Gasteiger partial charge in [0.15, 0.2) is 4.80 Å². The van der Waals surface area contributed by atoms with Crippen LogP contribution in [0, 0.1) is 17.3 Å². The van der Waals surface area contributed by atoms with Gasteiger partial charge in [0, 0.05) is 17.7 Å². The number of allylic oxidation sites excluding steroid dienone is 1. The number of furan rings is 1. The lowest BCUT2D eigenvalue weighted by Gasteiger charge is -2.22. The van der Waals surface area contributed by atoms with Gasteiger partial charge in [-0.2, -0.15) is 0 Å². The maximum atomic E-state index is 14.0. The summed E-state index contributed by atoms with van der Waals surface area (Å²) < 4.78 is 20.8. The number of nitrogens with zero attached hydrogens (tertiary/aromatic N) is 3. The van der Waals surface area contributed by atoms with Crippen molar-refractivity contribution in [1.82, 2.24) is 4.57 Å². The first-order chi connectivity index (χ1) is 21.0. The average molecular weight is 858 g/mol. The minimum absolute atomic E-state index is 0.114. The Labute approximate surface area is 286 Å². The Morgan fingerprint density at radius 1 is 1.25 bits per heavy atom. The van der Waals surface area contributed by atoms with Gasteiger partial charge in [-0.05, 0) is 101 Å². The fourth-order valence-corrected chi connectivity index (χ4v) is 8.00. The van der Waals surface area contributed by atoms with Crippen molar-refractivity contribution in [2.45, 2.75) is 19.9 Å². The minimum Gasteiger partial charge on any atom is -0.487 e. The summed E-state index contributed by atoms with van der Waals surface area (Å²) in [6.07, 6.45) is 3.44. The van der Waals surface area contributed by atoms with Crippen LogP contribution >= 0.6 is 68.1 Å². The van der Waals surface area contributed by atoms with Gasteiger partial charge in [-0.25, -0.2) is 9.79 Å². The molecule has 3 heterocycles. The highest BCUT2D eigenvalue weighted by Crippen LogP contribution is 2.37. The molecule has 0 fully saturated rings. The number of nitro groups is 1. The Bertz CT molecular complexity index is 2020. The molecule has 0 bridgehead atoms. The number of rotatable bonds is 9. The molecule has 1 atom stereocenters. The quantitative estimate of drug-likeness (QED) is 0.0628. The van der Waals surface area contributed by atoms with Crippen LogP contribution in [0.1, 0.15) is 31.2 Å². The number of esters is 1. The number of fused-ring (bicyclic) bond motifs is 1. The molecule has 0 unspecified atom stereocenters. The Morgan fingerprint density at radius 3 is 2.64 bits per heavy atom. The number of thiazole rings is 1. The zero-order valence-corrected chi connectivity index (χ0v) is 29.0. The second-order valence-electron chi connectivity index (χ2n) is 9.34. The zero-order valence-electron chi connectivity index (χ0n) is 23.1. The smallest absolute Gasteiger partial charge is 0.338 e. The van der Waals surface area contributed by atoms with Crippen molar-refractivity contribution >= 4 is 85.9 Å². The number of hydrogen-bond donors (Lipinski definition) is 0. The fourth-order valence-electron chi connectivity index (χ4n) is 4.62. The standard InChI is InChI=1S/C30H22ClI2N3O7S/c1-4-10-42-27-20(32)11-16(12-21(27)33)13-24-28(37)35-26(25(29(38)41-5-2)15(3)34-30(35)44-24)23-9-8-22(43-23)18-14-17(36(39)40)6-7-19(18)31/h4,6-9,11-14,26H,1,5,10H2,2-3H3/b24-13-/t26-/m1/s1. The van der Waals surface area contributed by atoms with E-state index in [1.54, 1.807) is 38.1 Å². The van der Waals surface area contributed by atoms with Crippen molar-refractivity contribution in [2.24, 2.45) is 4.99 Å². The van der Waals surface area contributed by atoms with E-state index in [0.717, 1.165) is 18.5 Å². The van der Waals surface area contributed by atoms with E-state index in [-0.39, 0.29) is 40.0 Å². The van der Waals surface area contributed by atoms with Crippen LogP contribution < -0.4 is 19.6 Å². The van der Waals surface area contributed by atoms with Crippen molar-refractivity contribution in [3.63, 3.8) is 0 Å². The summed E-state index contributed by atoms with van der Waals surface area (Å²) in [5, 5.41) is 11.6. The highest BCUT2D eigenvalue weighted by molar-refractivity contribution is 14.1. The summed E-state index contributed by atoms with van der Waals surface area (Å²) >= 11 is 11.9. The van der Waals surface area contributed by atoms with Crippen LogP contribution in [0.15, 0.2) is 80.6 Å². The number of carbonyl (C=O) groups is 1. The summed E-state index contributed by atoms with van der Waals surface area (Å²) in [6, 6.07) is 10.0. The van der Waals surface area contributed by atoms with Crippen molar-refractivity contribution in [2.75, 3.05) is 13.2 Å². The maximum Gasteiger partial charge on any atom is 0.338 e. The third-order valence-electron chi connectivity index (χ3n) is 6.50. The Kier molecular flexibility index (Phi) is 9.77. The van der Waals surface area contributed by atoms with E-state index in [1.165, 1.54) is 34.1 Å². The monoisotopic (exact) mass is 857 g/mol. The number of aromatic nitrogens is 1. The van der Waals surface area contributed by atoms with Crippen LogP contribution in [0.4, 0.5) is 5.69 Å². The van der Waals surface area contributed by atoms with Gasteiger partial charge < -0.3 is 13.9 Å². The number of hydrogen-bond acceptors (Lipinski definition) is 9. The molecule has 10 nitrogen and oxygen atoms in total. The van der Waals surface area contributed by atoms with Crippen LogP contribution in [0.5, 0.6) is 5.75 Å². The molecule has 0 spiro atoms. The summed E-state index contributed by atoms with van der Waals surface area (Å²) in [5.41, 5.74) is 1.06. The average Bonchev–Trinajstić information content (AvgIpc) is 3.57. The Balaban J connectivity index is 1.66. The normalized spacial score (nSPS) is 14.7. The van der Waals surface area contributed by atoms with Gasteiger partial charge >= 0.3 is 5.97 Å². The first kappa shape index (κ1) is 32.1. The number of benzene rings is 2. The molecule has 0 amide bonds. The van der Waals surface area contributed by atoms with Crippen LogP contribution in [0.2, 0.25) is 5.02 Å². The predicted octanol–water partition coefficient (Wildman–Crippen LogP) is 6.39. The largest absolute Gasteiger partial charge is 0.487 e. The number of ether oxygens (including phenoxy) is 2. The van der Waals surface area contributed by atoms with Crippen LogP contribution in [0.25, 0.3) is 17.4 Å². The van der Waals surface area contributed by atoms with Crippen LogP contribution in [0.3, 0.4) is 0 Å². The van der Waals surface area contributed by atoms with Crippen molar-refractivity contribution in [3.05, 3.63) is 120 Å². The van der Waals surface area contributed by atoms with E-state index in [1.807, 2.05) is 12.1 Å². The predicted molar refractivity (Wildman–Crippen MR) is 184 cm³/mol. The Hall–Kier alpha value is -3.28. The molecule has 4 aromatic rings. The third kappa shape index (κ3) is 6.27. The van der Waals surface area contributed by atoms with Gasteiger partial charge in [0.2, 0.25) is 0 Å². The van der Waals surface area contributed by atoms with Gasteiger partial charge in [0.05, 0.1) is 39.5 Å². The molecule has 0 saturated heterocycles. The van der Waals surface area contributed by atoms with E-state index < -0.39 is 16.9 Å². The number of nitro benzene ring substituents is 1. The van der Waals surface area contributed by atoms with Crippen LogP contribution in [-0.4, -0.2) is 28.7 Å². The third-order valence-corrected chi connectivity index (χ3v) is 9.42. The van der Waals surface area contributed by atoms with E-state index in [2.05, 4.69) is 56.8 Å². The molecule has 0 saturated carbocycles. The molecule has 5 rings (SSSR count). The lowest BCUT2D eigenvalue weighted by Crippen LogP contribution is -2.39. The molecule has 0 N–H and O–H groups in total. The molecular weight excluding hydrogens is 836 g/mol. The SMILES string of the molecule is C=CCOc1c(I)cc(/C=c2\sc3n(c2=O)[C@H](c2ccc(-c4cc([N+](=O)[O-])ccc4Cl)o2)C(C(=O)OCC)=C(C)N=3)cc1I. The highest BCUT2D eigenvalue weighted by atomic mass is 127. The van der Waals surface area contributed by atoms with Crippen molar-refractivity contribution in [1.29, 1.82) is 0 Å². The molecule has 0 radical (unpaired) electrons. The summed E-state index contributed by atoms with van der Waals surface area (Å²) in [6.45, 7) is 7.53. The molecule has 226 valence electrons. The van der Waals surface area contributed by atoms with Crippen LogP contribution in [-0.2, 0) is 9.53 Å². The van der Waals surface area contributed by atoms with Crippen molar-refractivity contribution < 1.29 is 23.6 Å². The maximum absolute atomic E-state index is 14.0. The summed E-state index contributed by atoms with van der Waals surface area (Å²) in [4.78, 5) is 43.0. The van der Waals surface area contributed by atoms with Gasteiger partial charge in [-0.15, -0.1) is 0 Å². The van der Waals surface area contributed by atoms with E-state index in [4.69, 9.17) is 25.5 Å². The van der Waals surface area contributed by atoms with E-state index >= 15 is 0 Å². The lowest BCUT2D eigenvalue weighted by atomic mass is 10.0. The first-order valence-corrected chi connectivity index (χ1v) is 16.4. The lowest BCUT2D eigenvalue weighted by molar-refractivity contribution is -0.384. The van der Waals surface area contributed by atoms with Gasteiger partial charge in [-0.1, -0.05) is 35.6 Å². The fraction of sp³-hybridized carbons (Fsp3) is 0.167. The van der Waals surface area contributed by atoms with Crippen molar-refractivity contribution in [3.8, 4) is 17.1 Å². The summed E-state index contributed by atoms with van der Waals surface area (Å²) in [5.74, 6) is 0.562. The molecule has 14 heteroatoms. The van der Waals surface area contributed by atoms with E-state index in [9.17, 15) is 19.7 Å². The van der Waals surface area contributed by atoms with Gasteiger partial charge in [0.25, 0.3) is 11.2 Å². The zero-order chi connectivity index (χ0) is 31.7. The van der Waals surface area contributed by atoms with Gasteiger partial charge in [-0.3, -0.25) is 19.5 Å². The molecule has 1 aliphatic heterocycles. The first-order valence-electron chi connectivity index (χ1n) is 13.0. The molecule has 1 aliphatic rings. The molecule has 44 heavy (non-hydrogen) atoms. The number of carbonyl (C=O) groups excluding carboxylic acids is 1. The molecule has 2 aromatic heterocycles. The van der Waals surface area contributed by atoms with Gasteiger partial charge in [0.1, 0.15) is 29.9 Å².